The molecule has 1 aliphatic heterocycles. The number of rotatable bonds is 1. The van der Waals surface area contributed by atoms with Gasteiger partial charge in [-0.1, -0.05) is 19.3 Å². The zero-order valence-corrected chi connectivity index (χ0v) is 15.1. The molecule has 0 radical (unpaired) electrons. The summed E-state index contributed by atoms with van der Waals surface area (Å²) in [6.45, 7) is 0. The lowest BCUT2D eigenvalue weighted by Gasteiger charge is -2.31. The predicted molar refractivity (Wildman–Crippen MR) is 97.6 cm³/mol. The monoisotopic (exact) mass is 398 g/mol. The predicted octanol–water partition coefficient (Wildman–Crippen LogP) is 5.28. The van der Waals surface area contributed by atoms with E-state index in [4.69, 9.17) is 5.26 Å². The van der Waals surface area contributed by atoms with E-state index in [-0.39, 0.29) is 11.5 Å². The summed E-state index contributed by atoms with van der Waals surface area (Å²) in [5.41, 5.74) is 3.08. The van der Waals surface area contributed by atoms with Crippen molar-refractivity contribution in [2.24, 2.45) is 0 Å². The Balaban J connectivity index is 1.89. The van der Waals surface area contributed by atoms with Crippen LogP contribution in [-0.4, -0.2) is 5.91 Å². The molecule has 2 aromatic carbocycles. The normalized spacial score (nSPS) is 17.9. The van der Waals surface area contributed by atoms with Gasteiger partial charge in [-0.2, -0.15) is 5.26 Å². The molecule has 0 saturated heterocycles. The Morgan fingerprint density at radius 2 is 1.80 bits per heavy atom. The number of hydrogen-bond acceptors (Lipinski definition) is 2. The fourth-order valence-electron chi connectivity index (χ4n) is 4.11. The van der Waals surface area contributed by atoms with Crippen LogP contribution in [0.25, 0.3) is 11.1 Å². The number of nitrogens with one attached hydrogen (secondary N) is 1. The van der Waals surface area contributed by atoms with E-state index in [9.17, 15) is 9.18 Å². The maximum Gasteiger partial charge on any atom is 0.235 e. The number of benzene rings is 2. The standard InChI is InChI=1S/C20H16BrFN2O/c21-17-10-14(13-6-12(11-23)7-15(22)8-13)9-16-18(17)24-19(25)20(16)4-2-1-3-5-20/h6-10H,1-5H2,(H,24,25). The fourth-order valence-corrected chi connectivity index (χ4v) is 4.67. The molecule has 0 bridgehead atoms. The molecule has 1 amide bonds. The van der Waals surface area contributed by atoms with Gasteiger partial charge in [0.05, 0.1) is 22.7 Å². The second-order valence-corrected chi connectivity index (χ2v) is 7.67. The molecule has 0 unspecified atom stereocenters. The molecule has 1 saturated carbocycles. The van der Waals surface area contributed by atoms with Crippen LogP contribution in [-0.2, 0) is 10.2 Å². The van der Waals surface area contributed by atoms with Crippen molar-refractivity contribution >= 4 is 27.5 Å². The first-order chi connectivity index (χ1) is 12.0. The molecule has 1 fully saturated rings. The largest absolute Gasteiger partial charge is 0.324 e. The quantitative estimate of drug-likeness (QED) is 0.709. The van der Waals surface area contributed by atoms with Gasteiger partial charge < -0.3 is 5.32 Å². The highest BCUT2D eigenvalue weighted by molar-refractivity contribution is 9.10. The van der Waals surface area contributed by atoms with Crippen molar-refractivity contribution in [3.05, 3.63) is 51.7 Å². The van der Waals surface area contributed by atoms with E-state index in [0.717, 1.165) is 53.4 Å². The SMILES string of the molecule is N#Cc1cc(F)cc(-c2cc(Br)c3c(c2)C2(CCCCC2)C(=O)N3)c1. The third kappa shape index (κ3) is 2.56. The summed E-state index contributed by atoms with van der Waals surface area (Å²) in [7, 11) is 0. The molecule has 2 aliphatic rings. The van der Waals surface area contributed by atoms with E-state index in [1.54, 1.807) is 6.07 Å². The number of carbonyl (C=O) groups excluding carboxylic acids is 1. The third-order valence-electron chi connectivity index (χ3n) is 5.35. The summed E-state index contributed by atoms with van der Waals surface area (Å²) < 4.78 is 14.6. The minimum Gasteiger partial charge on any atom is -0.324 e. The number of anilines is 1. The van der Waals surface area contributed by atoms with Gasteiger partial charge in [0.2, 0.25) is 5.91 Å². The second-order valence-electron chi connectivity index (χ2n) is 6.82. The van der Waals surface area contributed by atoms with Gasteiger partial charge in [0.1, 0.15) is 5.82 Å². The average molecular weight is 399 g/mol. The van der Waals surface area contributed by atoms with Gasteiger partial charge in [-0.3, -0.25) is 4.79 Å². The van der Waals surface area contributed by atoms with Crippen LogP contribution in [0.5, 0.6) is 0 Å². The maximum absolute atomic E-state index is 13.9. The van der Waals surface area contributed by atoms with Crippen molar-refractivity contribution < 1.29 is 9.18 Å². The van der Waals surface area contributed by atoms with Gasteiger partial charge in [0, 0.05) is 4.47 Å². The number of nitrogens with zero attached hydrogens (tertiary/aromatic N) is 1. The lowest BCUT2D eigenvalue weighted by Crippen LogP contribution is -2.36. The summed E-state index contributed by atoms with van der Waals surface area (Å²) in [4.78, 5) is 12.7. The average Bonchev–Trinajstić information content (AvgIpc) is 2.88. The molecule has 1 aliphatic carbocycles. The van der Waals surface area contributed by atoms with E-state index < -0.39 is 11.2 Å². The van der Waals surface area contributed by atoms with Gasteiger partial charge >= 0.3 is 0 Å². The summed E-state index contributed by atoms with van der Waals surface area (Å²) in [5, 5.41) is 12.1. The molecule has 1 heterocycles. The summed E-state index contributed by atoms with van der Waals surface area (Å²) in [6, 6.07) is 10.2. The van der Waals surface area contributed by atoms with Gasteiger partial charge in [0.15, 0.2) is 0 Å². The number of amides is 1. The first kappa shape index (κ1) is 16.3. The topological polar surface area (TPSA) is 52.9 Å². The molecule has 5 heteroatoms. The number of carbonyl (C=O) groups is 1. The third-order valence-corrected chi connectivity index (χ3v) is 5.97. The zero-order valence-electron chi connectivity index (χ0n) is 13.5. The van der Waals surface area contributed by atoms with Gasteiger partial charge in [0.25, 0.3) is 0 Å². The number of hydrogen-bond donors (Lipinski definition) is 1. The van der Waals surface area contributed by atoms with Crippen LogP contribution >= 0.6 is 15.9 Å². The zero-order chi connectivity index (χ0) is 17.6. The first-order valence-electron chi connectivity index (χ1n) is 8.40. The van der Waals surface area contributed by atoms with Crippen molar-refractivity contribution in [1.82, 2.24) is 0 Å². The highest BCUT2D eigenvalue weighted by Crippen LogP contribution is 2.50. The van der Waals surface area contributed by atoms with Gasteiger partial charge in [-0.25, -0.2) is 4.39 Å². The molecule has 0 atom stereocenters. The van der Waals surface area contributed by atoms with Crippen LogP contribution in [0.2, 0.25) is 0 Å². The van der Waals surface area contributed by atoms with Gasteiger partial charge in [-0.15, -0.1) is 0 Å². The highest BCUT2D eigenvalue weighted by Gasteiger charge is 2.47. The van der Waals surface area contributed by atoms with E-state index in [1.807, 2.05) is 18.2 Å². The summed E-state index contributed by atoms with van der Waals surface area (Å²) >= 11 is 3.55. The minimum atomic E-state index is -0.475. The van der Waals surface area contributed by atoms with Gasteiger partial charge in [-0.05, 0) is 75.8 Å². The number of halogens is 2. The molecular formula is C20H16BrFN2O. The Hall–Kier alpha value is -2.19. The van der Waals surface area contributed by atoms with Crippen molar-refractivity contribution in [3.63, 3.8) is 0 Å². The van der Waals surface area contributed by atoms with Crippen LogP contribution < -0.4 is 5.32 Å². The van der Waals surface area contributed by atoms with E-state index in [1.165, 1.54) is 12.1 Å². The molecule has 2 aromatic rings. The van der Waals surface area contributed by atoms with Crippen LogP contribution in [0, 0.1) is 17.1 Å². The Kier molecular flexibility index (Phi) is 3.88. The molecule has 25 heavy (non-hydrogen) atoms. The minimum absolute atomic E-state index is 0.0667. The van der Waals surface area contributed by atoms with Crippen LogP contribution in [0.1, 0.15) is 43.2 Å². The highest BCUT2D eigenvalue weighted by atomic mass is 79.9. The Bertz CT molecular complexity index is 926. The number of nitriles is 1. The molecule has 0 aromatic heterocycles. The molecule has 3 nitrogen and oxygen atoms in total. The van der Waals surface area contributed by atoms with Crippen LogP contribution in [0.3, 0.4) is 0 Å². The van der Waals surface area contributed by atoms with Crippen molar-refractivity contribution in [3.8, 4) is 17.2 Å². The molecule has 1 N–H and O–H groups in total. The fraction of sp³-hybridized carbons (Fsp3) is 0.300. The lowest BCUT2D eigenvalue weighted by atomic mass is 9.70. The van der Waals surface area contributed by atoms with Crippen molar-refractivity contribution in [1.29, 1.82) is 5.26 Å². The van der Waals surface area contributed by atoms with E-state index in [2.05, 4.69) is 21.2 Å². The van der Waals surface area contributed by atoms with Crippen molar-refractivity contribution in [2.45, 2.75) is 37.5 Å². The van der Waals surface area contributed by atoms with E-state index >= 15 is 0 Å². The second kappa shape index (κ2) is 5.96. The molecule has 4 rings (SSSR count). The summed E-state index contributed by atoms with van der Waals surface area (Å²) in [6.07, 6.45) is 4.91. The Morgan fingerprint density at radius 1 is 1.08 bits per heavy atom. The lowest BCUT2D eigenvalue weighted by molar-refractivity contribution is -0.121. The van der Waals surface area contributed by atoms with Crippen molar-refractivity contribution in [2.75, 3.05) is 5.32 Å². The Labute approximate surface area is 154 Å². The smallest absolute Gasteiger partial charge is 0.235 e. The molecular weight excluding hydrogens is 383 g/mol. The van der Waals surface area contributed by atoms with Crippen LogP contribution in [0.4, 0.5) is 10.1 Å². The molecule has 1 spiro atoms. The first-order valence-corrected chi connectivity index (χ1v) is 9.19. The number of fused-ring (bicyclic) bond motifs is 2. The Morgan fingerprint density at radius 3 is 2.52 bits per heavy atom. The van der Waals surface area contributed by atoms with E-state index in [0.29, 0.717) is 5.56 Å². The maximum atomic E-state index is 13.9. The molecule has 126 valence electrons. The van der Waals surface area contributed by atoms with Crippen LogP contribution in [0.15, 0.2) is 34.8 Å². The summed E-state index contributed by atoms with van der Waals surface area (Å²) in [5.74, 6) is -0.371.